The quantitative estimate of drug-likeness (QED) is 0.804. The van der Waals surface area contributed by atoms with E-state index < -0.39 is 0 Å². The fourth-order valence-corrected chi connectivity index (χ4v) is 2.25. The summed E-state index contributed by atoms with van der Waals surface area (Å²) < 4.78 is 1.54. The monoisotopic (exact) mass is 290 g/mol. The Morgan fingerprint density at radius 1 is 1.27 bits per heavy atom. The molecule has 0 spiro atoms. The van der Waals surface area contributed by atoms with E-state index in [0.29, 0.717) is 23.4 Å². The number of nitriles is 1. The summed E-state index contributed by atoms with van der Waals surface area (Å²) in [5.74, 6) is 0. The molecule has 1 N–H and O–H groups in total. The van der Waals surface area contributed by atoms with Crippen molar-refractivity contribution in [3.63, 3.8) is 0 Å². The second-order valence-corrected chi connectivity index (χ2v) is 5.01. The van der Waals surface area contributed by atoms with Crippen molar-refractivity contribution in [1.82, 2.24) is 9.38 Å². The lowest BCUT2D eigenvalue weighted by Crippen LogP contribution is -2.17. The van der Waals surface area contributed by atoms with Crippen LogP contribution in [-0.2, 0) is 6.54 Å². The van der Waals surface area contributed by atoms with E-state index in [0.717, 1.165) is 11.3 Å². The van der Waals surface area contributed by atoms with Gasteiger partial charge in [0.1, 0.15) is 5.65 Å². The van der Waals surface area contributed by atoms with Gasteiger partial charge in [-0.25, -0.2) is 4.98 Å². The summed E-state index contributed by atoms with van der Waals surface area (Å²) in [5, 5.41) is 12.0. The van der Waals surface area contributed by atoms with Crippen LogP contribution < -0.4 is 10.9 Å². The standard InChI is InChI=1S/C17H14N4O/c1-12-3-2-8-21-16(22)9-15(20-17(12)21)11-19-14-6-4-13(10-18)5-7-14/h2-9,19H,11H2,1H3. The summed E-state index contributed by atoms with van der Waals surface area (Å²) in [6.45, 7) is 2.38. The van der Waals surface area contributed by atoms with Gasteiger partial charge < -0.3 is 5.32 Å². The summed E-state index contributed by atoms with van der Waals surface area (Å²) in [7, 11) is 0. The lowest BCUT2D eigenvalue weighted by atomic mass is 10.2. The van der Waals surface area contributed by atoms with Crippen LogP contribution in [0.25, 0.3) is 5.65 Å². The normalized spacial score (nSPS) is 10.4. The van der Waals surface area contributed by atoms with Crippen LogP contribution in [0, 0.1) is 18.3 Å². The molecule has 5 heteroatoms. The fourth-order valence-electron chi connectivity index (χ4n) is 2.25. The molecule has 0 radical (unpaired) electrons. The molecule has 0 aliphatic carbocycles. The number of benzene rings is 1. The van der Waals surface area contributed by atoms with Gasteiger partial charge in [-0.3, -0.25) is 9.20 Å². The Kier molecular flexibility index (Phi) is 3.58. The van der Waals surface area contributed by atoms with E-state index in [9.17, 15) is 4.79 Å². The molecule has 0 unspecified atom stereocenters. The number of aromatic nitrogens is 2. The van der Waals surface area contributed by atoms with Crippen molar-refractivity contribution in [2.24, 2.45) is 0 Å². The molecule has 0 aliphatic rings. The molecule has 0 amide bonds. The lowest BCUT2D eigenvalue weighted by Gasteiger charge is -2.08. The highest BCUT2D eigenvalue weighted by Crippen LogP contribution is 2.11. The van der Waals surface area contributed by atoms with Crippen molar-refractivity contribution in [3.8, 4) is 6.07 Å². The molecule has 0 saturated carbocycles. The molecule has 5 nitrogen and oxygen atoms in total. The summed E-state index contributed by atoms with van der Waals surface area (Å²) in [4.78, 5) is 16.6. The van der Waals surface area contributed by atoms with Gasteiger partial charge in [-0.1, -0.05) is 6.07 Å². The summed E-state index contributed by atoms with van der Waals surface area (Å²) in [6.07, 6.45) is 1.72. The third-order valence-electron chi connectivity index (χ3n) is 3.43. The van der Waals surface area contributed by atoms with Crippen LogP contribution in [0.4, 0.5) is 5.69 Å². The van der Waals surface area contributed by atoms with E-state index in [2.05, 4.69) is 16.4 Å². The van der Waals surface area contributed by atoms with Crippen molar-refractivity contribution >= 4 is 11.3 Å². The zero-order valence-corrected chi connectivity index (χ0v) is 12.1. The van der Waals surface area contributed by atoms with E-state index >= 15 is 0 Å². The number of nitrogens with zero attached hydrogens (tertiary/aromatic N) is 3. The molecular formula is C17H14N4O. The third-order valence-corrected chi connectivity index (χ3v) is 3.43. The SMILES string of the molecule is Cc1cccn2c(=O)cc(CNc3ccc(C#N)cc3)nc12. The zero-order valence-electron chi connectivity index (χ0n) is 12.1. The minimum Gasteiger partial charge on any atom is -0.379 e. The number of rotatable bonds is 3. The molecule has 1 aromatic carbocycles. The Morgan fingerprint density at radius 2 is 2.05 bits per heavy atom. The zero-order chi connectivity index (χ0) is 15.5. The van der Waals surface area contributed by atoms with Crippen molar-refractivity contribution in [2.75, 3.05) is 5.32 Å². The second-order valence-electron chi connectivity index (χ2n) is 5.01. The Balaban J connectivity index is 1.86. The van der Waals surface area contributed by atoms with E-state index in [-0.39, 0.29) is 5.56 Å². The van der Waals surface area contributed by atoms with Gasteiger partial charge in [0.05, 0.1) is 23.9 Å². The average Bonchev–Trinajstić information content (AvgIpc) is 2.54. The predicted octanol–water partition coefficient (Wildman–Crippen LogP) is 2.49. The molecule has 0 bridgehead atoms. The van der Waals surface area contributed by atoms with Crippen molar-refractivity contribution in [3.05, 3.63) is 75.8 Å². The molecule has 3 aromatic rings. The first kappa shape index (κ1) is 13.8. The average molecular weight is 290 g/mol. The summed E-state index contributed by atoms with van der Waals surface area (Å²) in [5.41, 5.74) is 3.72. The van der Waals surface area contributed by atoms with Crippen LogP contribution in [0.1, 0.15) is 16.8 Å². The molecule has 2 heterocycles. The topological polar surface area (TPSA) is 70.2 Å². The number of anilines is 1. The molecule has 2 aromatic heterocycles. The van der Waals surface area contributed by atoms with Crippen LogP contribution in [0.3, 0.4) is 0 Å². The minimum absolute atomic E-state index is 0.0923. The van der Waals surface area contributed by atoms with Crippen LogP contribution in [0.5, 0.6) is 0 Å². The fraction of sp³-hybridized carbons (Fsp3) is 0.118. The number of nitrogens with one attached hydrogen (secondary N) is 1. The van der Waals surface area contributed by atoms with Crippen LogP contribution in [0.15, 0.2) is 53.5 Å². The molecule has 0 aliphatic heterocycles. The maximum Gasteiger partial charge on any atom is 0.258 e. The molecule has 3 rings (SSSR count). The number of hydrogen-bond donors (Lipinski definition) is 1. The van der Waals surface area contributed by atoms with Gasteiger partial charge in [0.25, 0.3) is 5.56 Å². The summed E-state index contributed by atoms with van der Waals surface area (Å²) >= 11 is 0. The molecular weight excluding hydrogens is 276 g/mol. The van der Waals surface area contributed by atoms with Gasteiger partial charge in [-0.15, -0.1) is 0 Å². The largest absolute Gasteiger partial charge is 0.379 e. The van der Waals surface area contributed by atoms with E-state index in [4.69, 9.17) is 5.26 Å². The van der Waals surface area contributed by atoms with Crippen molar-refractivity contribution in [2.45, 2.75) is 13.5 Å². The third kappa shape index (κ3) is 2.67. The van der Waals surface area contributed by atoms with Gasteiger partial charge in [-0.05, 0) is 42.8 Å². The van der Waals surface area contributed by atoms with Crippen molar-refractivity contribution in [1.29, 1.82) is 5.26 Å². The number of pyridine rings is 1. The lowest BCUT2D eigenvalue weighted by molar-refractivity contribution is 0.964. The molecule has 0 fully saturated rings. The smallest absolute Gasteiger partial charge is 0.258 e. The van der Waals surface area contributed by atoms with Gasteiger partial charge in [0.15, 0.2) is 0 Å². The van der Waals surface area contributed by atoms with Crippen LogP contribution >= 0.6 is 0 Å². The van der Waals surface area contributed by atoms with Gasteiger partial charge in [0, 0.05) is 18.0 Å². The first-order valence-electron chi connectivity index (χ1n) is 6.89. The first-order chi connectivity index (χ1) is 10.7. The van der Waals surface area contributed by atoms with Gasteiger partial charge >= 0.3 is 0 Å². The summed E-state index contributed by atoms with van der Waals surface area (Å²) in [6, 6.07) is 14.5. The number of hydrogen-bond acceptors (Lipinski definition) is 4. The van der Waals surface area contributed by atoms with Crippen LogP contribution in [-0.4, -0.2) is 9.38 Å². The molecule has 22 heavy (non-hydrogen) atoms. The maximum atomic E-state index is 12.1. The van der Waals surface area contributed by atoms with Crippen molar-refractivity contribution < 1.29 is 0 Å². The Morgan fingerprint density at radius 3 is 2.77 bits per heavy atom. The Hall–Kier alpha value is -3.13. The van der Waals surface area contributed by atoms with E-state index in [1.807, 2.05) is 31.2 Å². The number of aryl methyl sites for hydroxylation is 1. The molecule has 108 valence electrons. The highest BCUT2D eigenvalue weighted by atomic mass is 16.1. The molecule has 0 atom stereocenters. The van der Waals surface area contributed by atoms with E-state index in [1.165, 1.54) is 6.07 Å². The highest BCUT2D eigenvalue weighted by Gasteiger charge is 2.04. The van der Waals surface area contributed by atoms with E-state index in [1.54, 1.807) is 22.7 Å². The molecule has 0 saturated heterocycles. The Labute approximate surface area is 127 Å². The second kappa shape index (κ2) is 5.70. The Bertz CT molecular complexity index is 920. The predicted molar refractivity (Wildman–Crippen MR) is 84.7 cm³/mol. The number of fused-ring (bicyclic) bond motifs is 1. The first-order valence-corrected chi connectivity index (χ1v) is 6.89. The van der Waals surface area contributed by atoms with Gasteiger partial charge in [-0.2, -0.15) is 5.26 Å². The van der Waals surface area contributed by atoms with Crippen LogP contribution in [0.2, 0.25) is 0 Å². The maximum absolute atomic E-state index is 12.1. The minimum atomic E-state index is -0.0923. The van der Waals surface area contributed by atoms with Gasteiger partial charge in [0.2, 0.25) is 0 Å². The highest BCUT2D eigenvalue weighted by molar-refractivity contribution is 5.49.